The van der Waals surface area contributed by atoms with Gasteiger partial charge in [0.2, 0.25) is 0 Å². The quantitative estimate of drug-likeness (QED) is 0.751. The van der Waals surface area contributed by atoms with Crippen molar-refractivity contribution < 1.29 is 18.3 Å². The van der Waals surface area contributed by atoms with Crippen molar-refractivity contribution in [3.63, 3.8) is 0 Å². The lowest BCUT2D eigenvalue weighted by molar-refractivity contribution is -0.137. The molecule has 1 heterocycles. The molecule has 0 aromatic rings. The summed E-state index contributed by atoms with van der Waals surface area (Å²) >= 11 is 0. The standard InChI is InChI=1S/C12H23NO4S/c1-2-18(16,17)9-8-13-7-3-4-11(10-13)5-6-12(14)15/h11H,2-10H2,1H3,(H,14,15). The van der Waals surface area contributed by atoms with E-state index in [4.69, 9.17) is 5.11 Å². The van der Waals surface area contributed by atoms with E-state index in [2.05, 4.69) is 4.90 Å². The summed E-state index contributed by atoms with van der Waals surface area (Å²) in [7, 11) is -2.90. The van der Waals surface area contributed by atoms with Gasteiger partial charge in [-0.1, -0.05) is 6.92 Å². The van der Waals surface area contributed by atoms with Crippen LogP contribution in [0.3, 0.4) is 0 Å². The van der Waals surface area contributed by atoms with Gasteiger partial charge in [0.15, 0.2) is 9.84 Å². The first-order valence-corrected chi connectivity index (χ1v) is 8.39. The molecule has 1 atom stereocenters. The Morgan fingerprint density at radius 1 is 1.44 bits per heavy atom. The van der Waals surface area contributed by atoms with Gasteiger partial charge in [-0.15, -0.1) is 0 Å². The zero-order chi connectivity index (χ0) is 13.6. The topological polar surface area (TPSA) is 74.7 Å². The Balaban J connectivity index is 2.32. The molecule has 1 saturated heterocycles. The number of carboxylic acid groups (broad SMARTS) is 1. The molecule has 0 radical (unpaired) electrons. The third-order valence-electron chi connectivity index (χ3n) is 3.53. The van der Waals surface area contributed by atoms with Crippen LogP contribution < -0.4 is 0 Å². The van der Waals surface area contributed by atoms with Gasteiger partial charge in [-0.2, -0.15) is 0 Å². The fourth-order valence-corrected chi connectivity index (χ4v) is 3.16. The third kappa shape index (κ3) is 5.82. The average Bonchev–Trinajstić information content (AvgIpc) is 2.35. The van der Waals surface area contributed by atoms with Gasteiger partial charge in [-0.3, -0.25) is 4.79 Å². The molecule has 1 N–H and O–H groups in total. The van der Waals surface area contributed by atoms with Crippen molar-refractivity contribution in [1.29, 1.82) is 0 Å². The van der Waals surface area contributed by atoms with E-state index in [1.807, 2.05) is 0 Å². The summed E-state index contributed by atoms with van der Waals surface area (Å²) < 4.78 is 22.9. The zero-order valence-electron chi connectivity index (χ0n) is 11.0. The summed E-state index contributed by atoms with van der Waals surface area (Å²) in [5.74, 6) is 0.0678. The third-order valence-corrected chi connectivity index (χ3v) is 5.21. The Morgan fingerprint density at radius 3 is 2.78 bits per heavy atom. The van der Waals surface area contributed by atoms with Crippen LogP contribution in [0, 0.1) is 5.92 Å². The largest absolute Gasteiger partial charge is 0.481 e. The molecule has 5 nitrogen and oxygen atoms in total. The van der Waals surface area contributed by atoms with Crippen molar-refractivity contribution in [1.82, 2.24) is 4.90 Å². The van der Waals surface area contributed by atoms with Gasteiger partial charge >= 0.3 is 5.97 Å². The van der Waals surface area contributed by atoms with Crippen molar-refractivity contribution in [3.05, 3.63) is 0 Å². The number of carbonyl (C=O) groups is 1. The summed E-state index contributed by atoms with van der Waals surface area (Å²) in [5.41, 5.74) is 0. The maximum absolute atomic E-state index is 11.4. The molecule has 1 rings (SSSR count). The van der Waals surface area contributed by atoms with Crippen molar-refractivity contribution in [3.8, 4) is 0 Å². The second-order valence-corrected chi connectivity index (χ2v) is 7.45. The molecule has 1 aliphatic heterocycles. The van der Waals surface area contributed by atoms with Gasteiger partial charge in [0.25, 0.3) is 0 Å². The predicted molar refractivity (Wildman–Crippen MR) is 70.4 cm³/mol. The molecule has 6 heteroatoms. The highest BCUT2D eigenvalue weighted by atomic mass is 32.2. The predicted octanol–water partition coefficient (Wildman–Crippen LogP) is 0.998. The summed E-state index contributed by atoms with van der Waals surface area (Å²) in [6, 6.07) is 0. The lowest BCUT2D eigenvalue weighted by Gasteiger charge is -2.32. The number of aliphatic carboxylic acids is 1. The normalized spacial score (nSPS) is 21.9. The minimum Gasteiger partial charge on any atom is -0.481 e. The SMILES string of the molecule is CCS(=O)(=O)CCN1CCCC(CCC(=O)O)C1. The Labute approximate surface area is 109 Å². The molecular formula is C12H23NO4S. The number of rotatable bonds is 7. The maximum Gasteiger partial charge on any atom is 0.303 e. The lowest BCUT2D eigenvalue weighted by atomic mass is 9.93. The molecular weight excluding hydrogens is 254 g/mol. The molecule has 1 aliphatic rings. The van der Waals surface area contributed by atoms with E-state index in [0.29, 0.717) is 18.9 Å². The van der Waals surface area contributed by atoms with E-state index in [0.717, 1.165) is 25.9 Å². The fraction of sp³-hybridized carbons (Fsp3) is 0.917. The van der Waals surface area contributed by atoms with Crippen LogP contribution in [0.4, 0.5) is 0 Å². The van der Waals surface area contributed by atoms with Gasteiger partial charge in [-0.05, 0) is 31.7 Å². The number of likely N-dealkylation sites (tertiary alicyclic amines) is 1. The Bertz CT molecular complexity index is 366. The van der Waals surface area contributed by atoms with Gasteiger partial charge < -0.3 is 10.0 Å². The highest BCUT2D eigenvalue weighted by Crippen LogP contribution is 2.20. The first kappa shape index (κ1) is 15.4. The molecule has 0 aromatic carbocycles. The summed E-state index contributed by atoms with van der Waals surface area (Å²) in [6.07, 6.45) is 3.01. The summed E-state index contributed by atoms with van der Waals surface area (Å²) in [4.78, 5) is 12.7. The Kier molecular flexibility index (Phi) is 6.08. The number of carboxylic acids is 1. The molecule has 0 spiro atoms. The van der Waals surface area contributed by atoms with Gasteiger partial charge in [0, 0.05) is 25.3 Å². The molecule has 0 bridgehead atoms. The van der Waals surface area contributed by atoms with Crippen LogP contribution in [0.5, 0.6) is 0 Å². The number of sulfone groups is 1. The van der Waals surface area contributed by atoms with Crippen molar-refractivity contribution in [2.75, 3.05) is 31.1 Å². The average molecular weight is 277 g/mol. The molecule has 0 aliphatic carbocycles. The molecule has 0 aromatic heterocycles. The highest BCUT2D eigenvalue weighted by Gasteiger charge is 2.21. The van der Waals surface area contributed by atoms with E-state index in [9.17, 15) is 13.2 Å². The van der Waals surface area contributed by atoms with Gasteiger partial charge in [0.1, 0.15) is 0 Å². The number of hydrogen-bond acceptors (Lipinski definition) is 4. The smallest absolute Gasteiger partial charge is 0.303 e. The van der Waals surface area contributed by atoms with E-state index in [1.54, 1.807) is 6.92 Å². The molecule has 106 valence electrons. The van der Waals surface area contributed by atoms with E-state index in [1.165, 1.54) is 0 Å². The number of piperidine rings is 1. The van der Waals surface area contributed by atoms with Gasteiger partial charge in [0.05, 0.1) is 5.75 Å². The van der Waals surface area contributed by atoms with Crippen molar-refractivity contribution >= 4 is 15.8 Å². The number of nitrogens with zero attached hydrogens (tertiary/aromatic N) is 1. The van der Waals surface area contributed by atoms with Crippen LogP contribution >= 0.6 is 0 Å². The first-order valence-electron chi connectivity index (χ1n) is 6.57. The lowest BCUT2D eigenvalue weighted by Crippen LogP contribution is -2.38. The van der Waals surface area contributed by atoms with Crippen molar-refractivity contribution in [2.24, 2.45) is 5.92 Å². The minimum atomic E-state index is -2.90. The Morgan fingerprint density at radius 2 is 2.17 bits per heavy atom. The van der Waals surface area contributed by atoms with E-state index < -0.39 is 15.8 Å². The second kappa shape index (κ2) is 7.09. The fourth-order valence-electron chi connectivity index (χ4n) is 2.33. The molecule has 0 saturated carbocycles. The maximum atomic E-state index is 11.4. The molecule has 1 unspecified atom stereocenters. The Hall–Kier alpha value is -0.620. The zero-order valence-corrected chi connectivity index (χ0v) is 11.8. The van der Waals surface area contributed by atoms with Crippen LogP contribution in [0.2, 0.25) is 0 Å². The van der Waals surface area contributed by atoms with Crippen LogP contribution in [0.25, 0.3) is 0 Å². The van der Waals surface area contributed by atoms with E-state index >= 15 is 0 Å². The van der Waals surface area contributed by atoms with Crippen LogP contribution in [-0.4, -0.2) is 55.5 Å². The monoisotopic (exact) mass is 277 g/mol. The van der Waals surface area contributed by atoms with E-state index in [-0.39, 0.29) is 17.9 Å². The molecule has 18 heavy (non-hydrogen) atoms. The van der Waals surface area contributed by atoms with Crippen LogP contribution in [-0.2, 0) is 14.6 Å². The van der Waals surface area contributed by atoms with Crippen molar-refractivity contribution in [2.45, 2.75) is 32.6 Å². The van der Waals surface area contributed by atoms with Crippen LogP contribution in [0.15, 0.2) is 0 Å². The second-order valence-electron chi connectivity index (χ2n) is 4.98. The summed E-state index contributed by atoms with van der Waals surface area (Å²) in [6.45, 7) is 4.02. The van der Waals surface area contributed by atoms with Gasteiger partial charge in [-0.25, -0.2) is 8.42 Å². The molecule has 1 fully saturated rings. The summed E-state index contributed by atoms with van der Waals surface area (Å²) in [5, 5.41) is 8.66. The minimum absolute atomic E-state index is 0.198. The first-order chi connectivity index (χ1) is 8.43. The number of hydrogen-bond donors (Lipinski definition) is 1. The van der Waals surface area contributed by atoms with Crippen LogP contribution in [0.1, 0.15) is 32.6 Å². The highest BCUT2D eigenvalue weighted by molar-refractivity contribution is 7.91. The molecule has 0 amide bonds.